The molecule has 312 valence electrons. The Hall–Kier alpha value is -1.37. The molecule has 1 amide bonds. The van der Waals surface area contributed by atoms with E-state index in [4.69, 9.17) is 9.47 Å². The summed E-state index contributed by atoms with van der Waals surface area (Å²) in [4.78, 5) is 13.0. The quantitative estimate of drug-likeness (QED) is 0.0259. The molecule has 7 N–H and O–H groups in total. The third-order valence-corrected chi connectivity index (χ3v) is 10.4. The maximum Gasteiger partial charge on any atom is 0.249 e. The first kappa shape index (κ1) is 49.6. The summed E-state index contributed by atoms with van der Waals surface area (Å²) < 4.78 is 11.1. The van der Waals surface area contributed by atoms with Crippen LogP contribution in [0.25, 0.3) is 0 Å². The number of hydrogen-bond donors (Lipinski definition) is 7. The fourth-order valence-corrected chi connectivity index (χ4v) is 6.77. The van der Waals surface area contributed by atoms with Crippen LogP contribution in [0.3, 0.4) is 0 Å². The van der Waals surface area contributed by atoms with Crippen molar-refractivity contribution >= 4 is 5.91 Å². The van der Waals surface area contributed by atoms with Crippen molar-refractivity contribution in [1.82, 2.24) is 5.32 Å². The number of amides is 1. The number of carbonyl (C=O) groups excluding carboxylic acids is 1. The molecule has 1 aliphatic heterocycles. The summed E-state index contributed by atoms with van der Waals surface area (Å²) >= 11 is 0. The molecule has 0 aromatic rings. The Morgan fingerprint density at radius 1 is 0.642 bits per heavy atom. The second-order valence-electron chi connectivity index (χ2n) is 15.3. The van der Waals surface area contributed by atoms with Crippen LogP contribution in [0.15, 0.2) is 24.3 Å². The maximum absolute atomic E-state index is 13.0. The third-order valence-electron chi connectivity index (χ3n) is 10.4. The van der Waals surface area contributed by atoms with Crippen molar-refractivity contribution in [3.05, 3.63) is 24.3 Å². The molecule has 10 heteroatoms. The molecule has 0 saturated carbocycles. The van der Waals surface area contributed by atoms with Gasteiger partial charge in [-0.3, -0.25) is 4.79 Å². The van der Waals surface area contributed by atoms with Gasteiger partial charge in [-0.05, 0) is 32.1 Å². The Kier molecular flexibility index (Phi) is 31.8. The lowest BCUT2D eigenvalue weighted by atomic mass is 9.99. The lowest BCUT2D eigenvalue weighted by Crippen LogP contribution is -2.60. The molecule has 8 unspecified atom stereocenters. The fraction of sp³-hybridized carbons (Fsp3) is 0.884. The van der Waals surface area contributed by atoms with Gasteiger partial charge in [0.2, 0.25) is 5.91 Å². The van der Waals surface area contributed by atoms with E-state index < -0.39 is 61.5 Å². The summed E-state index contributed by atoms with van der Waals surface area (Å²) in [6.07, 6.45) is 28.4. The van der Waals surface area contributed by atoms with Crippen molar-refractivity contribution in [1.29, 1.82) is 0 Å². The Morgan fingerprint density at radius 3 is 1.64 bits per heavy atom. The lowest BCUT2D eigenvalue weighted by Gasteiger charge is -2.40. The minimum Gasteiger partial charge on any atom is -0.394 e. The van der Waals surface area contributed by atoms with E-state index in [9.17, 15) is 35.4 Å². The van der Waals surface area contributed by atoms with E-state index in [1.54, 1.807) is 6.08 Å². The zero-order chi connectivity index (χ0) is 38.9. The predicted octanol–water partition coefficient (Wildman–Crippen LogP) is 7.30. The van der Waals surface area contributed by atoms with Crippen molar-refractivity contribution < 1.29 is 44.9 Å². The predicted molar refractivity (Wildman–Crippen MR) is 213 cm³/mol. The van der Waals surface area contributed by atoms with Gasteiger partial charge in [-0.1, -0.05) is 173 Å². The Bertz CT molecular complexity index is 901. The molecular formula is C43H81NO9. The third kappa shape index (κ3) is 24.7. The molecule has 1 aliphatic rings. The summed E-state index contributed by atoms with van der Waals surface area (Å²) in [5.41, 5.74) is 0. The highest BCUT2D eigenvalue weighted by Crippen LogP contribution is 2.22. The monoisotopic (exact) mass is 756 g/mol. The number of nitrogens with one attached hydrogen (secondary N) is 1. The van der Waals surface area contributed by atoms with Crippen molar-refractivity contribution in [3.8, 4) is 0 Å². The fourth-order valence-electron chi connectivity index (χ4n) is 6.77. The number of allylic oxidation sites excluding steroid dienone is 3. The Morgan fingerprint density at radius 2 is 1.11 bits per heavy atom. The average Bonchev–Trinajstić information content (AvgIpc) is 3.16. The highest BCUT2D eigenvalue weighted by atomic mass is 16.7. The molecule has 0 aliphatic carbocycles. The lowest BCUT2D eigenvalue weighted by molar-refractivity contribution is -0.302. The molecule has 10 nitrogen and oxygen atoms in total. The van der Waals surface area contributed by atoms with Crippen LogP contribution in [0.4, 0.5) is 0 Å². The van der Waals surface area contributed by atoms with E-state index in [-0.39, 0.29) is 6.61 Å². The molecule has 0 aromatic heterocycles. The van der Waals surface area contributed by atoms with Crippen LogP contribution >= 0.6 is 0 Å². The van der Waals surface area contributed by atoms with Gasteiger partial charge in [0.05, 0.1) is 25.4 Å². The number of carbonyl (C=O) groups is 1. The molecular weight excluding hydrogens is 674 g/mol. The van der Waals surface area contributed by atoms with Gasteiger partial charge in [-0.25, -0.2) is 0 Å². The molecule has 8 atom stereocenters. The Balaban J connectivity index is 2.45. The molecule has 1 heterocycles. The van der Waals surface area contributed by atoms with Crippen molar-refractivity contribution in [2.75, 3.05) is 13.2 Å². The van der Waals surface area contributed by atoms with Gasteiger partial charge in [0.15, 0.2) is 6.29 Å². The van der Waals surface area contributed by atoms with Gasteiger partial charge < -0.3 is 45.4 Å². The molecule has 1 saturated heterocycles. The summed E-state index contributed by atoms with van der Waals surface area (Å²) in [6, 6.07) is -0.991. The van der Waals surface area contributed by atoms with Crippen molar-refractivity contribution in [2.45, 2.75) is 230 Å². The van der Waals surface area contributed by atoms with E-state index >= 15 is 0 Å². The number of rotatable bonds is 35. The van der Waals surface area contributed by atoms with Gasteiger partial charge in [0.1, 0.15) is 30.5 Å². The van der Waals surface area contributed by atoms with Gasteiger partial charge in [0.25, 0.3) is 0 Å². The van der Waals surface area contributed by atoms with Crippen LogP contribution < -0.4 is 5.32 Å². The van der Waals surface area contributed by atoms with E-state index in [0.29, 0.717) is 19.3 Å². The Labute approximate surface area is 322 Å². The van der Waals surface area contributed by atoms with E-state index in [1.807, 2.05) is 6.08 Å². The van der Waals surface area contributed by atoms with Crippen LogP contribution in [0.2, 0.25) is 0 Å². The first-order valence-electron chi connectivity index (χ1n) is 21.7. The average molecular weight is 756 g/mol. The van der Waals surface area contributed by atoms with Crippen LogP contribution in [-0.2, 0) is 14.3 Å². The van der Waals surface area contributed by atoms with Crippen LogP contribution in [0.5, 0.6) is 0 Å². The standard InChI is InChI=1S/C43H81NO9/c1-3-5-7-9-11-13-15-17-18-19-20-22-24-26-28-30-32-37(47)42(51)44-35(34-52-43-41(50)40(49)39(48)38(33-45)53-43)36(46)31-29-27-25-23-21-16-14-12-10-8-6-4-2/h21,23,29,31,35-41,43,45-50H,3-20,22,24-28,30,32-34H2,1-2H3,(H,44,51)/b23-21+,31-29+. The topological polar surface area (TPSA) is 169 Å². The highest BCUT2D eigenvalue weighted by Gasteiger charge is 2.44. The number of unbranched alkanes of at least 4 members (excludes halogenated alkanes) is 22. The number of aliphatic hydroxyl groups is 6. The van der Waals surface area contributed by atoms with Crippen molar-refractivity contribution in [3.63, 3.8) is 0 Å². The van der Waals surface area contributed by atoms with Crippen LogP contribution in [-0.4, -0.2) is 98.7 Å². The van der Waals surface area contributed by atoms with Gasteiger partial charge in [0, 0.05) is 0 Å². The molecule has 1 fully saturated rings. The normalized spacial score (nSPS) is 22.5. The van der Waals surface area contributed by atoms with E-state index in [1.165, 1.54) is 116 Å². The minimum absolute atomic E-state index is 0.307. The smallest absolute Gasteiger partial charge is 0.249 e. The van der Waals surface area contributed by atoms with Crippen LogP contribution in [0.1, 0.15) is 181 Å². The maximum atomic E-state index is 13.0. The van der Waals surface area contributed by atoms with Crippen LogP contribution in [0, 0.1) is 0 Å². The summed E-state index contributed by atoms with van der Waals surface area (Å²) in [6.45, 7) is 3.56. The zero-order valence-electron chi connectivity index (χ0n) is 33.6. The van der Waals surface area contributed by atoms with Gasteiger partial charge >= 0.3 is 0 Å². The molecule has 0 aromatic carbocycles. The second kappa shape index (κ2) is 33.9. The molecule has 0 bridgehead atoms. The second-order valence-corrected chi connectivity index (χ2v) is 15.3. The van der Waals surface area contributed by atoms with Gasteiger partial charge in [-0.15, -0.1) is 0 Å². The molecule has 53 heavy (non-hydrogen) atoms. The number of aliphatic hydroxyl groups excluding tert-OH is 6. The molecule has 0 radical (unpaired) electrons. The largest absolute Gasteiger partial charge is 0.394 e. The zero-order valence-corrected chi connectivity index (χ0v) is 33.6. The minimum atomic E-state index is -1.61. The summed E-state index contributed by atoms with van der Waals surface area (Å²) in [5.74, 6) is -0.626. The summed E-state index contributed by atoms with van der Waals surface area (Å²) in [5, 5.41) is 64.4. The van der Waals surface area contributed by atoms with E-state index in [2.05, 4.69) is 31.3 Å². The SMILES string of the molecule is CCCCCCCC/C=C/CC/C=C/C(O)C(COC1OC(CO)C(O)C(O)C1O)NC(=O)C(O)CCCCCCCCCCCCCCCCCC. The molecule has 1 rings (SSSR count). The first-order valence-corrected chi connectivity index (χ1v) is 21.7. The van der Waals surface area contributed by atoms with Gasteiger partial charge in [-0.2, -0.15) is 0 Å². The highest BCUT2D eigenvalue weighted by molar-refractivity contribution is 5.80. The summed E-state index contributed by atoms with van der Waals surface area (Å²) in [7, 11) is 0. The first-order chi connectivity index (χ1) is 25.8. The molecule has 0 spiro atoms. The van der Waals surface area contributed by atoms with E-state index in [0.717, 1.165) is 32.1 Å². The number of ether oxygens (including phenoxy) is 2. The number of hydrogen-bond acceptors (Lipinski definition) is 9. The van der Waals surface area contributed by atoms with Crippen molar-refractivity contribution in [2.24, 2.45) is 0 Å².